The highest BCUT2D eigenvalue weighted by atomic mass is 19.1. The van der Waals surface area contributed by atoms with Crippen molar-refractivity contribution >= 4 is 30.7 Å². The van der Waals surface area contributed by atoms with E-state index in [2.05, 4.69) is 15.4 Å². The quantitative estimate of drug-likeness (QED) is 0.547. The molecule has 2 heterocycles. The number of esters is 1. The number of hydrogen-bond acceptors (Lipinski definition) is 5. The lowest BCUT2D eigenvalue weighted by molar-refractivity contribution is -0.142. The minimum absolute atomic E-state index is 0.198. The Balaban J connectivity index is 1.94. The summed E-state index contributed by atoms with van der Waals surface area (Å²) in [6.45, 7) is 2.44. The van der Waals surface area contributed by atoms with Crippen LogP contribution in [0, 0.1) is 5.82 Å². The van der Waals surface area contributed by atoms with E-state index >= 15 is 0 Å². The molecule has 0 spiro atoms. The Kier molecular flexibility index (Phi) is 4.97. The molecular formula is C17H16BFN4O2. The molecule has 1 aromatic carbocycles. The molecule has 2 aromatic heterocycles. The standard InChI is InChI=1S/C17H16BFN4O2/c1-2-25-16(24)7-8-20-15-9-14(11-5-3-4-6-13(11)19)22-17-12(18)10-21-23(15)17/h3-6,9-10,20H,2,7-8H2,1H3. The minimum atomic E-state index is -0.380. The second kappa shape index (κ2) is 7.33. The smallest absolute Gasteiger partial charge is 0.307 e. The van der Waals surface area contributed by atoms with Crippen molar-refractivity contribution in [3.05, 3.63) is 42.3 Å². The molecule has 0 fully saturated rings. The van der Waals surface area contributed by atoms with Crippen molar-refractivity contribution in [1.82, 2.24) is 14.6 Å². The van der Waals surface area contributed by atoms with Gasteiger partial charge >= 0.3 is 5.97 Å². The topological polar surface area (TPSA) is 68.5 Å². The average Bonchev–Trinajstić information content (AvgIpc) is 2.97. The van der Waals surface area contributed by atoms with Gasteiger partial charge in [-0.1, -0.05) is 12.1 Å². The molecule has 1 N–H and O–H groups in total. The molecule has 6 nitrogen and oxygen atoms in total. The summed E-state index contributed by atoms with van der Waals surface area (Å²) in [4.78, 5) is 15.9. The van der Waals surface area contributed by atoms with Gasteiger partial charge in [-0.15, -0.1) is 0 Å². The summed E-state index contributed by atoms with van der Waals surface area (Å²) in [6, 6.07) is 8.03. The Hall–Kier alpha value is -2.90. The van der Waals surface area contributed by atoms with Gasteiger partial charge in [-0.25, -0.2) is 9.37 Å². The van der Waals surface area contributed by atoms with Crippen molar-refractivity contribution in [2.45, 2.75) is 13.3 Å². The van der Waals surface area contributed by atoms with Crippen LogP contribution in [0.3, 0.4) is 0 Å². The molecule has 25 heavy (non-hydrogen) atoms. The van der Waals surface area contributed by atoms with Crippen LogP contribution in [0.25, 0.3) is 16.9 Å². The van der Waals surface area contributed by atoms with Crippen molar-refractivity contribution in [2.24, 2.45) is 0 Å². The van der Waals surface area contributed by atoms with Crippen LogP contribution in [0.5, 0.6) is 0 Å². The number of rotatable bonds is 6. The van der Waals surface area contributed by atoms with E-state index in [0.29, 0.717) is 41.3 Å². The maximum atomic E-state index is 14.1. The molecule has 0 aliphatic rings. The van der Waals surface area contributed by atoms with Crippen LogP contribution in [0.2, 0.25) is 0 Å². The zero-order valence-corrected chi connectivity index (χ0v) is 13.7. The lowest BCUT2D eigenvalue weighted by atomic mass is 10.0. The van der Waals surface area contributed by atoms with E-state index in [4.69, 9.17) is 12.6 Å². The molecule has 126 valence electrons. The van der Waals surface area contributed by atoms with Gasteiger partial charge in [0.25, 0.3) is 0 Å². The highest BCUT2D eigenvalue weighted by Crippen LogP contribution is 2.24. The Morgan fingerprint density at radius 3 is 2.96 bits per heavy atom. The van der Waals surface area contributed by atoms with Gasteiger partial charge in [0.15, 0.2) is 5.65 Å². The van der Waals surface area contributed by atoms with E-state index in [0.717, 1.165) is 0 Å². The van der Waals surface area contributed by atoms with Gasteiger partial charge in [0.1, 0.15) is 19.5 Å². The molecular weight excluding hydrogens is 322 g/mol. The first kappa shape index (κ1) is 16.9. The lowest BCUT2D eigenvalue weighted by Crippen LogP contribution is -2.14. The summed E-state index contributed by atoms with van der Waals surface area (Å²) in [7, 11) is 5.91. The minimum Gasteiger partial charge on any atom is -0.466 e. The number of nitrogens with zero attached hydrogens (tertiary/aromatic N) is 3. The largest absolute Gasteiger partial charge is 0.466 e. The van der Waals surface area contributed by atoms with Gasteiger partial charge in [-0.05, 0) is 24.5 Å². The van der Waals surface area contributed by atoms with Crippen molar-refractivity contribution in [3.63, 3.8) is 0 Å². The first-order valence-corrected chi connectivity index (χ1v) is 7.88. The van der Waals surface area contributed by atoms with Gasteiger partial charge < -0.3 is 10.1 Å². The molecule has 0 saturated heterocycles. The van der Waals surface area contributed by atoms with E-state index in [1.54, 1.807) is 31.2 Å². The van der Waals surface area contributed by atoms with E-state index in [1.165, 1.54) is 16.8 Å². The number of benzene rings is 1. The van der Waals surface area contributed by atoms with Crippen molar-refractivity contribution in [1.29, 1.82) is 0 Å². The third kappa shape index (κ3) is 3.62. The predicted octanol–water partition coefficient (Wildman–Crippen LogP) is 1.69. The van der Waals surface area contributed by atoms with Crippen LogP contribution in [-0.2, 0) is 9.53 Å². The maximum Gasteiger partial charge on any atom is 0.307 e. The Morgan fingerprint density at radius 1 is 1.40 bits per heavy atom. The summed E-state index contributed by atoms with van der Waals surface area (Å²) < 4.78 is 20.5. The molecule has 0 aliphatic carbocycles. The fourth-order valence-corrected chi connectivity index (χ4v) is 2.44. The number of aromatic nitrogens is 3. The maximum absolute atomic E-state index is 14.1. The Labute approximate surface area is 145 Å². The van der Waals surface area contributed by atoms with Gasteiger partial charge in [0.2, 0.25) is 0 Å². The molecule has 0 bridgehead atoms. The fourth-order valence-electron chi connectivity index (χ4n) is 2.44. The number of fused-ring (bicyclic) bond motifs is 1. The highest BCUT2D eigenvalue weighted by molar-refractivity contribution is 6.36. The second-order valence-corrected chi connectivity index (χ2v) is 5.32. The van der Waals surface area contributed by atoms with Crippen LogP contribution in [0.1, 0.15) is 13.3 Å². The van der Waals surface area contributed by atoms with Crippen LogP contribution >= 0.6 is 0 Å². The number of carbonyl (C=O) groups excluding carboxylic acids is 1. The number of anilines is 1. The number of nitrogens with one attached hydrogen (secondary N) is 1. The van der Waals surface area contributed by atoms with Crippen molar-refractivity contribution in [3.8, 4) is 11.3 Å². The Bertz CT molecular complexity index is 913. The van der Waals surface area contributed by atoms with Crippen LogP contribution in [0.4, 0.5) is 10.2 Å². The number of ether oxygens (including phenoxy) is 1. The zero-order chi connectivity index (χ0) is 17.8. The van der Waals surface area contributed by atoms with E-state index in [9.17, 15) is 9.18 Å². The third-order valence-corrected chi connectivity index (χ3v) is 3.59. The second-order valence-electron chi connectivity index (χ2n) is 5.32. The van der Waals surface area contributed by atoms with Gasteiger partial charge in [-0.3, -0.25) is 4.79 Å². The van der Waals surface area contributed by atoms with Gasteiger partial charge in [0.05, 0.1) is 18.7 Å². The van der Waals surface area contributed by atoms with Crippen molar-refractivity contribution < 1.29 is 13.9 Å². The average molecular weight is 338 g/mol. The highest BCUT2D eigenvalue weighted by Gasteiger charge is 2.13. The van der Waals surface area contributed by atoms with Crippen LogP contribution < -0.4 is 10.8 Å². The van der Waals surface area contributed by atoms with E-state index in [1.807, 2.05) is 0 Å². The molecule has 3 rings (SSSR count). The number of hydrogen-bond donors (Lipinski definition) is 1. The van der Waals surface area contributed by atoms with Crippen molar-refractivity contribution in [2.75, 3.05) is 18.5 Å². The lowest BCUT2D eigenvalue weighted by Gasteiger charge is -2.11. The van der Waals surface area contributed by atoms with Gasteiger partial charge in [-0.2, -0.15) is 9.61 Å². The van der Waals surface area contributed by atoms with Crippen LogP contribution in [-0.4, -0.2) is 41.6 Å². The molecule has 0 saturated carbocycles. The molecule has 0 unspecified atom stereocenters. The zero-order valence-electron chi connectivity index (χ0n) is 13.7. The third-order valence-electron chi connectivity index (χ3n) is 3.59. The predicted molar refractivity (Wildman–Crippen MR) is 93.5 cm³/mol. The first-order valence-electron chi connectivity index (χ1n) is 7.88. The number of carbonyl (C=O) groups is 1. The van der Waals surface area contributed by atoms with E-state index in [-0.39, 0.29) is 18.2 Å². The summed E-state index contributed by atoms with van der Waals surface area (Å²) in [5.41, 5.74) is 1.58. The summed E-state index contributed by atoms with van der Waals surface area (Å²) in [5, 5.41) is 7.27. The molecule has 3 aromatic rings. The first-order chi connectivity index (χ1) is 12.1. The van der Waals surface area contributed by atoms with Crippen LogP contribution in [0.15, 0.2) is 36.5 Å². The molecule has 8 heteroatoms. The fraction of sp³-hybridized carbons (Fsp3) is 0.235. The molecule has 0 amide bonds. The van der Waals surface area contributed by atoms with E-state index < -0.39 is 0 Å². The normalized spacial score (nSPS) is 10.8. The Morgan fingerprint density at radius 2 is 2.20 bits per heavy atom. The number of halogens is 1. The molecule has 2 radical (unpaired) electrons. The monoisotopic (exact) mass is 338 g/mol. The molecule has 0 aliphatic heterocycles. The molecule has 0 atom stereocenters. The summed E-state index contributed by atoms with van der Waals surface area (Å²) >= 11 is 0. The van der Waals surface area contributed by atoms with Gasteiger partial charge in [0, 0.05) is 24.4 Å². The SMILES string of the molecule is [B]c1cnn2c(NCCC(=O)OCC)cc(-c3ccccc3F)nc12. The summed E-state index contributed by atoms with van der Waals surface area (Å²) in [6.07, 6.45) is 1.67. The summed E-state index contributed by atoms with van der Waals surface area (Å²) in [5.74, 6) is -0.117.